The summed E-state index contributed by atoms with van der Waals surface area (Å²) < 4.78 is 1.20. The van der Waals surface area contributed by atoms with Crippen molar-refractivity contribution in [3.05, 3.63) is 50.6 Å². The lowest BCUT2D eigenvalue weighted by Gasteiger charge is -2.17. The summed E-state index contributed by atoms with van der Waals surface area (Å²) in [5.74, 6) is 0. The molecular weight excluding hydrogens is 320 g/mol. The second-order valence-corrected chi connectivity index (χ2v) is 7.03. The fourth-order valence-corrected chi connectivity index (χ4v) is 3.17. The van der Waals surface area contributed by atoms with Crippen LogP contribution in [0.15, 0.2) is 39.5 Å². The topological polar surface area (TPSA) is 15.3 Å². The third-order valence-corrected chi connectivity index (χ3v) is 4.58. The highest BCUT2D eigenvalue weighted by Gasteiger charge is 2.03. The normalized spacial score (nSPS) is 10.9. The van der Waals surface area contributed by atoms with Crippen molar-refractivity contribution in [3.8, 4) is 0 Å². The minimum absolute atomic E-state index is 0.965. The lowest BCUT2D eigenvalue weighted by atomic mass is 10.2. The Morgan fingerprint density at radius 2 is 2.11 bits per heavy atom. The van der Waals surface area contributed by atoms with Crippen LogP contribution >= 0.6 is 27.3 Å². The molecule has 0 spiro atoms. The Morgan fingerprint density at radius 3 is 2.79 bits per heavy atom. The lowest BCUT2D eigenvalue weighted by molar-refractivity contribution is 0.340. The van der Waals surface area contributed by atoms with Crippen molar-refractivity contribution in [2.75, 3.05) is 25.5 Å². The van der Waals surface area contributed by atoms with Gasteiger partial charge in [0.25, 0.3) is 0 Å². The number of para-hydroxylation sites is 1. The molecule has 0 aliphatic carbocycles. The van der Waals surface area contributed by atoms with Gasteiger partial charge in [-0.05, 0) is 58.5 Å². The molecule has 0 fully saturated rings. The van der Waals surface area contributed by atoms with Crippen LogP contribution < -0.4 is 5.32 Å². The molecule has 0 aliphatic heterocycles. The third kappa shape index (κ3) is 4.64. The minimum atomic E-state index is 0.965. The van der Waals surface area contributed by atoms with Gasteiger partial charge < -0.3 is 10.2 Å². The third-order valence-electron chi connectivity index (χ3n) is 3.03. The van der Waals surface area contributed by atoms with Gasteiger partial charge in [-0.3, -0.25) is 0 Å². The molecule has 1 aromatic carbocycles. The number of rotatable bonds is 6. The van der Waals surface area contributed by atoms with Crippen LogP contribution in [0.25, 0.3) is 0 Å². The van der Waals surface area contributed by atoms with Gasteiger partial charge in [-0.1, -0.05) is 18.2 Å². The van der Waals surface area contributed by atoms with Gasteiger partial charge in [0.15, 0.2) is 0 Å². The molecule has 0 radical (unpaired) electrons. The van der Waals surface area contributed by atoms with Crippen molar-refractivity contribution >= 4 is 33.0 Å². The molecule has 0 aliphatic rings. The largest absolute Gasteiger partial charge is 0.384 e. The molecule has 1 heterocycles. The summed E-state index contributed by atoms with van der Waals surface area (Å²) in [6, 6.07) is 10.6. The van der Waals surface area contributed by atoms with E-state index in [1.165, 1.54) is 20.6 Å². The number of halogens is 1. The molecule has 2 rings (SSSR count). The van der Waals surface area contributed by atoms with E-state index in [0.717, 1.165) is 19.6 Å². The van der Waals surface area contributed by atoms with Crippen molar-refractivity contribution in [3.63, 3.8) is 0 Å². The minimum Gasteiger partial charge on any atom is -0.384 e. The zero-order chi connectivity index (χ0) is 13.7. The Kier molecular flexibility index (Phi) is 5.43. The average Bonchev–Trinajstić information content (AvgIpc) is 2.77. The molecule has 0 amide bonds. The molecule has 0 unspecified atom stereocenters. The van der Waals surface area contributed by atoms with E-state index in [9.17, 15) is 0 Å². The van der Waals surface area contributed by atoms with Crippen LogP contribution in [-0.4, -0.2) is 25.0 Å². The van der Waals surface area contributed by atoms with Crippen LogP contribution in [0.4, 0.5) is 5.69 Å². The van der Waals surface area contributed by atoms with Crippen LogP contribution in [0, 0.1) is 6.92 Å². The standard InChI is InChI=1S/C15H19BrN2S/c1-12-5-3-4-6-14(12)17-7-8-18(2)10-13-9-15(16)19-11-13/h3-6,9,11,17H,7-8,10H2,1-2H3. The van der Waals surface area contributed by atoms with E-state index in [1.807, 2.05) is 0 Å². The van der Waals surface area contributed by atoms with E-state index >= 15 is 0 Å². The van der Waals surface area contributed by atoms with E-state index in [1.54, 1.807) is 11.3 Å². The summed E-state index contributed by atoms with van der Waals surface area (Å²) in [4.78, 5) is 2.33. The summed E-state index contributed by atoms with van der Waals surface area (Å²) in [6.07, 6.45) is 0. The predicted octanol–water partition coefficient (Wildman–Crippen LogP) is 4.36. The summed E-state index contributed by atoms with van der Waals surface area (Å²) in [7, 11) is 2.16. The zero-order valence-electron chi connectivity index (χ0n) is 11.3. The Labute approximate surface area is 127 Å². The number of benzene rings is 1. The van der Waals surface area contributed by atoms with Gasteiger partial charge in [-0.15, -0.1) is 11.3 Å². The second-order valence-electron chi connectivity index (χ2n) is 4.74. The number of nitrogens with zero attached hydrogens (tertiary/aromatic N) is 1. The van der Waals surface area contributed by atoms with E-state index < -0.39 is 0 Å². The van der Waals surface area contributed by atoms with Crippen LogP contribution in [0.1, 0.15) is 11.1 Å². The first-order valence-electron chi connectivity index (χ1n) is 6.36. The number of hydrogen-bond acceptors (Lipinski definition) is 3. The smallest absolute Gasteiger partial charge is 0.0701 e. The highest BCUT2D eigenvalue weighted by atomic mass is 79.9. The summed E-state index contributed by atoms with van der Waals surface area (Å²) in [6.45, 7) is 5.13. The number of thiophene rings is 1. The van der Waals surface area contributed by atoms with E-state index in [2.05, 4.69) is 75.8 Å². The van der Waals surface area contributed by atoms with Crippen LogP contribution in [0.5, 0.6) is 0 Å². The molecule has 102 valence electrons. The molecule has 0 bridgehead atoms. The molecule has 1 aromatic heterocycles. The monoisotopic (exact) mass is 338 g/mol. The number of nitrogens with one attached hydrogen (secondary N) is 1. The molecule has 2 aromatic rings. The van der Waals surface area contributed by atoms with Crippen molar-refractivity contribution in [2.45, 2.75) is 13.5 Å². The fourth-order valence-electron chi connectivity index (χ4n) is 1.97. The highest BCUT2D eigenvalue weighted by Crippen LogP contribution is 2.21. The molecule has 0 atom stereocenters. The van der Waals surface area contributed by atoms with Gasteiger partial charge in [-0.2, -0.15) is 0 Å². The van der Waals surface area contributed by atoms with Gasteiger partial charge in [-0.25, -0.2) is 0 Å². The second kappa shape index (κ2) is 7.08. The Hall–Kier alpha value is -0.840. The molecule has 19 heavy (non-hydrogen) atoms. The van der Waals surface area contributed by atoms with Crippen LogP contribution in [-0.2, 0) is 6.54 Å². The predicted molar refractivity (Wildman–Crippen MR) is 88.0 cm³/mol. The van der Waals surface area contributed by atoms with Crippen molar-refractivity contribution in [2.24, 2.45) is 0 Å². The van der Waals surface area contributed by atoms with Crippen molar-refractivity contribution in [1.29, 1.82) is 0 Å². The molecule has 4 heteroatoms. The fraction of sp³-hybridized carbons (Fsp3) is 0.333. The first-order valence-corrected chi connectivity index (χ1v) is 8.03. The van der Waals surface area contributed by atoms with Gasteiger partial charge in [0, 0.05) is 25.3 Å². The Balaban J connectivity index is 1.75. The maximum absolute atomic E-state index is 3.50. The Morgan fingerprint density at radius 1 is 1.32 bits per heavy atom. The van der Waals surface area contributed by atoms with Crippen molar-refractivity contribution < 1.29 is 0 Å². The molecule has 0 saturated carbocycles. The van der Waals surface area contributed by atoms with Gasteiger partial charge >= 0.3 is 0 Å². The molecule has 0 saturated heterocycles. The Bertz CT molecular complexity index is 524. The maximum atomic E-state index is 3.50. The van der Waals surface area contributed by atoms with Crippen molar-refractivity contribution in [1.82, 2.24) is 4.90 Å². The number of likely N-dealkylation sites (N-methyl/N-ethyl adjacent to an activating group) is 1. The SMILES string of the molecule is Cc1ccccc1NCCN(C)Cc1csc(Br)c1. The number of aryl methyl sites for hydroxylation is 1. The lowest BCUT2D eigenvalue weighted by Crippen LogP contribution is -2.24. The highest BCUT2D eigenvalue weighted by molar-refractivity contribution is 9.11. The van der Waals surface area contributed by atoms with Gasteiger partial charge in [0.05, 0.1) is 3.79 Å². The van der Waals surface area contributed by atoms with E-state index in [4.69, 9.17) is 0 Å². The summed E-state index contributed by atoms with van der Waals surface area (Å²) in [5, 5.41) is 5.69. The summed E-state index contributed by atoms with van der Waals surface area (Å²) >= 11 is 5.24. The average molecular weight is 339 g/mol. The summed E-state index contributed by atoms with van der Waals surface area (Å²) in [5.41, 5.74) is 3.90. The number of anilines is 1. The molecule has 1 N–H and O–H groups in total. The van der Waals surface area contributed by atoms with E-state index in [0.29, 0.717) is 0 Å². The first kappa shape index (κ1) is 14.6. The first-order chi connectivity index (χ1) is 9.15. The van der Waals surface area contributed by atoms with Gasteiger partial charge in [0.1, 0.15) is 0 Å². The van der Waals surface area contributed by atoms with Gasteiger partial charge in [0.2, 0.25) is 0 Å². The molecule has 2 nitrogen and oxygen atoms in total. The zero-order valence-corrected chi connectivity index (χ0v) is 13.7. The number of hydrogen-bond donors (Lipinski definition) is 1. The quantitative estimate of drug-likeness (QED) is 0.841. The molecular formula is C15H19BrN2S. The van der Waals surface area contributed by atoms with Crippen LogP contribution in [0.2, 0.25) is 0 Å². The van der Waals surface area contributed by atoms with E-state index in [-0.39, 0.29) is 0 Å². The van der Waals surface area contributed by atoms with Crippen LogP contribution in [0.3, 0.4) is 0 Å². The maximum Gasteiger partial charge on any atom is 0.0701 e.